The zero-order valence-electron chi connectivity index (χ0n) is 38.5. The van der Waals surface area contributed by atoms with Crippen molar-refractivity contribution in [3.05, 3.63) is 11.6 Å². The third-order valence-electron chi connectivity index (χ3n) is 18.7. The van der Waals surface area contributed by atoms with Crippen molar-refractivity contribution in [1.29, 1.82) is 0 Å². The van der Waals surface area contributed by atoms with Gasteiger partial charge in [0.1, 0.15) is 73.4 Å². The summed E-state index contributed by atoms with van der Waals surface area (Å²) >= 11 is 0. The van der Waals surface area contributed by atoms with E-state index in [1.807, 2.05) is 0 Å². The Hall–Kier alpha value is -1.72. The van der Waals surface area contributed by atoms with E-state index in [1.54, 1.807) is 0 Å². The van der Waals surface area contributed by atoms with Crippen molar-refractivity contribution in [3.63, 3.8) is 0 Å². The first-order chi connectivity index (χ1) is 30.5. The molecule has 8 rings (SSSR count). The first-order valence-corrected chi connectivity index (χ1v) is 23.7. The van der Waals surface area contributed by atoms with Gasteiger partial charge in [-0.2, -0.15) is 0 Å². The van der Waals surface area contributed by atoms with E-state index in [4.69, 9.17) is 28.4 Å². The minimum atomic E-state index is -1.74. The van der Waals surface area contributed by atoms with Gasteiger partial charge in [-0.05, 0) is 104 Å². The highest BCUT2D eigenvalue weighted by Gasteiger charge is 2.71. The third kappa shape index (κ3) is 7.71. The smallest absolute Gasteiger partial charge is 0.315 e. The summed E-state index contributed by atoms with van der Waals surface area (Å²) in [5, 5.41) is 105. The Balaban J connectivity index is 1.02. The van der Waals surface area contributed by atoms with Crippen LogP contribution < -0.4 is 0 Å². The van der Waals surface area contributed by atoms with E-state index in [9.17, 15) is 60.7 Å². The minimum absolute atomic E-state index is 0.0797. The van der Waals surface area contributed by atoms with Crippen LogP contribution in [0.15, 0.2) is 11.6 Å². The van der Waals surface area contributed by atoms with E-state index in [2.05, 4.69) is 47.6 Å². The molecule has 3 saturated heterocycles. The van der Waals surface area contributed by atoms with Crippen LogP contribution in [0.1, 0.15) is 106 Å². The fraction of sp³-hybridized carbons (Fsp3) is 0.915. The van der Waals surface area contributed by atoms with Crippen LogP contribution in [0.25, 0.3) is 0 Å². The van der Waals surface area contributed by atoms with Crippen LogP contribution in [-0.2, 0) is 38.0 Å². The van der Waals surface area contributed by atoms with Gasteiger partial charge < -0.3 is 84.3 Å². The van der Waals surface area contributed by atoms with Crippen LogP contribution in [0.4, 0.5) is 0 Å². The van der Waals surface area contributed by atoms with Gasteiger partial charge >= 0.3 is 5.97 Å². The van der Waals surface area contributed by atoms with Crippen LogP contribution in [0.3, 0.4) is 0 Å². The molecule has 4 saturated carbocycles. The average molecular weight is 927 g/mol. The fourth-order valence-electron chi connectivity index (χ4n) is 14.7. The number of allylic oxidation sites excluding steroid dienone is 2. The van der Waals surface area contributed by atoms with Gasteiger partial charge in [-0.1, -0.05) is 53.2 Å². The average Bonchev–Trinajstić information content (AvgIpc) is 3.26. The van der Waals surface area contributed by atoms with Crippen LogP contribution in [0.2, 0.25) is 0 Å². The fourth-order valence-corrected chi connectivity index (χ4v) is 14.7. The maximum absolute atomic E-state index is 14.6. The van der Waals surface area contributed by atoms with E-state index in [-0.39, 0.29) is 35.2 Å². The lowest BCUT2D eigenvalue weighted by Gasteiger charge is -2.70. The van der Waals surface area contributed by atoms with E-state index >= 15 is 0 Å². The first kappa shape index (κ1) is 49.7. The van der Waals surface area contributed by atoms with E-state index in [1.165, 1.54) is 0 Å². The van der Waals surface area contributed by atoms with Crippen LogP contribution >= 0.6 is 0 Å². The Kier molecular flexibility index (Phi) is 13.5. The van der Waals surface area contributed by atoms with Gasteiger partial charge in [-0.25, -0.2) is 0 Å². The first-order valence-electron chi connectivity index (χ1n) is 23.7. The van der Waals surface area contributed by atoms with E-state index < -0.39 is 133 Å². The summed E-state index contributed by atoms with van der Waals surface area (Å²) in [6.45, 7) is 11.7. The number of aliphatic hydroxyl groups is 10. The summed E-state index contributed by atoms with van der Waals surface area (Å²) < 4.78 is 35.4. The number of aldehydes is 1. The van der Waals surface area contributed by atoms with Gasteiger partial charge in [0.15, 0.2) is 12.6 Å². The summed E-state index contributed by atoms with van der Waals surface area (Å²) in [5.74, 6) is -0.738. The molecule has 3 aliphatic heterocycles. The van der Waals surface area contributed by atoms with Crippen molar-refractivity contribution in [2.24, 2.45) is 50.2 Å². The van der Waals surface area contributed by atoms with Crippen LogP contribution in [0, 0.1) is 50.2 Å². The number of aliphatic hydroxyl groups excluding tert-OH is 10. The zero-order valence-corrected chi connectivity index (χ0v) is 38.5. The summed E-state index contributed by atoms with van der Waals surface area (Å²) in [4.78, 5) is 28.8. The van der Waals surface area contributed by atoms with Crippen molar-refractivity contribution in [1.82, 2.24) is 0 Å². The molecular weight excluding hydrogens is 852 g/mol. The summed E-state index contributed by atoms with van der Waals surface area (Å²) in [5.41, 5.74) is -2.29. The van der Waals surface area contributed by atoms with Crippen molar-refractivity contribution in [2.75, 3.05) is 19.8 Å². The van der Waals surface area contributed by atoms with Gasteiger partial charge in [-0.15, -0.1) is 0 Å². The normalized spacial score (nSPS) is 52.7. The number of hydrogen-bond acceptors (Lipinski definition) is 18. The van der Waals surface area contributed by atoms with Crippen molar-refractivity contribution < 1.29 is 89.1 Å². The van der Waals surface area contributed by atoms with Crippen molar-refractivity contribution >= 4 is 12.3 Å². The molecule has 18 nitrogen and oxygen atoms in total. The van der Waals surface area contributed by atoms with Crippen molar-refractivity contribution in [2.45, 2.75) is 198 Å². The molecule has 0 amide bonds. The molecule has 0 radical (unpaired) electrons. The molecule has 10 N–H and O–H groups in total. The molecule has 65 heavy (non-hydrogen) atoms. The second kappa shape index (κ2) is 17.6. The van der Waals surface area contributed by atoms with Gasteiger partial charge in [-0.3, -0.25) is 4.79 Å². The predicted octanol–water partition coefficient (Wildman–Crippen LogP) is -0.0414. The minimum Gasteiger partial charge on any atom is -0.432 e. The number of esters is 1. The molecule has 22 unspecified atom stereocenters. The highest BCUT2D eigenvalue weighted by atomic mass is 16.7. The number of hydrogen-bond donors (Lipinski definition) is 10. The molecule has 8 aliphatic rings. The highest BCUT2D eigenvalue weighted by Crippen LogP contribution is 2.75. The summed E-state index contributed by atoms with van der Waals surface area (Å²) in [6.07, 6.45) is -12.1. The lowest BCUT2D eigenvalue weighted by Crippen LogP contribution is -2.67. The topological polar surface area (TPSA) is 292 Å². The quantitative estimate of drug-likeness (QED) is 0.0628. The Morgan fingerprint density at radius 2 is 1.32 bits per heavy atom. The molecule has 0 bridgehead atoms. The predicted molar refractivity (Wildman–Crippen MR) is 225 cm³/mol. The number of carbonyl (C=O) groups excluding carboxylic acids is 2. The number of ether oxygens (including phenoxy) is 6. The molecule has 0 aromatic rings. The second-order valence-corrected chi connectivity index (χ2v) is 22.8. The van der Waals surface area contributed by atoms with E-state index in [0.717, 1.165) is 37.5 Å². The third-order valence-corrected chi connectivity index (χ3v) is 18.7. The molecule has 0 aromatic carbocycles. The lowest BCUT2D eigenvalue weighted by molar-refractivity contribution is -0.357. The molecular formula is C47H74O18. The maximum Gasteiger partial charge on any atom is 0.315 e. The molecule has 18 heteroatoms. The summed E-state index contributed by atoms with van der Waals surface area (Å²) in [7, 11) is 0. The lowest BCUT2D eigenvalue weighted by atomic mass is 9.33. The molecule has 7 fully saturated rings. The SMILES string of the molecule is CC1(C)CCC2(C(=O)OC3OC(CO)C(O)C(O)C3O)CCC3(C=O)C(=CCC4C5(C)CCC(OC6OCC(O)C(OC7OC(CO)C(O)C(O)C7O)C6O)C(C)(C)C5CCC43C)C2C1. The van der Waals surface area contributed by atoms with Gasteiger partial charge in [0.05, 0.1) is 36.8 Å². The number of fused-ring (bicyclic) bond motifs is 7. The second-order valence-electron chi connectivity index (χ2n) is 22.8. The largest absolute Gasteiger partial charge is 0.432 e. The molecule has 22 atom stereocenters. The van der Waals surface area contributed by atoms with E-state index in [0.29, 0.717) is 38.5 Å². The highest BCUT2D eigenvalue weighted by molar-refractivity contribution is 5.81. The standard InChI is InChI=1S/C47H74O18/c1-42(2)13-14-46(41(59)65-40-35(57)33(55)31(53)26(19-49)62-40)15-16-47(21-50)22(23(46)17-42)7-8-28-44(5)11-10-29(43(3,4)27(44)9-12-45(28,47)6)63-38-36(58)37(24(51)20-60-38)64-39-34(56)32(54)30(52)25(18-48)61-39/h7,21,23-40,48-49,51-58H,8-20H2,1-6H3. The Bertz CT molecular complexity index is 1790. The maximum atomic E-state index is 14.6. The molecule has 3 heterocycles. The molecule has 370 valence electrons. The van der Waals surface area contributed by atoms with Gasteiger partial charge in [0.25, 0.3) is 0 Å². The zero-order chi connectivity index (χ0) is 47.4. The van der Waals surface area contributed by atoms with Crippen LogP contribution in [-0.4, -0.2) is 175 Å². The molecule has 0 spiro atoms. The summed E-state index contributed by atoms with van der Waals surface area (Å²) in [6, 6.07) is 0. The Morgan fingerprint density at radius 3 is 1.95 bits per heavy atom. The van der Waals surface area contributed by atoms with Crippen molar-refractivity contribution in [3.8, 4) is 0 Å². The Morgan fingerprint density at radius 1 is 0.708 bits per heavy atom. The van der Waals surface area contributed by atoms with Gasteiger partial charge in [0, 0.05) is 0 Å². The van der Waals surface area contributed by atoms with Crippen LogP contribution in [0.5, 0.6) is 0 Å². The Labute approximate surface area is 380 Å². The molecule has 5 aliphatic carbocycles. The monoisotopic (exact) mass is 926 g/mol. The van der Waals surface area contributed by atoms with Gasteiger partial charge in [0.2, 0.25) is 6.29 Å². The number of carbonyl (C=O) groups is 2. The number of rotatable bonds is 9. The molecule has 0 aromatic heterocycles.